The summed E-state index contributed by atoms with van der Waals surface area (Å²) in [6.07, 6.45) is -4.28. The molecule has 0 radical (unpaired) electrons. The van der Waals surface area contributed by atoms with E-state index in [-0.39, 0.29) is 24.1 Å². The molecule has 1 N–H and O–H groups in total. The van der Waals surface area contributed by atoms with Crippen molar-refractivity contribution in [1.82, 2.24) is 10.2 Å². The van der Waals surface area contributed by atoms with Gasteiger partial charge in [-0.15, -0.1) is 0 Å². The van der Waals surface area contributed by atoms with Crippen LogP contribution in [0.3, 0.4) is 0 Å². The maximum Gasteiger partial charge on any atom is 0.416 e. The summed E-state index contributed by atoms with van der Waals surface area (Å²) in [5.74, 6) is 0.405. The van der Waals surface area contributed by atoms with Crippen LogP contribution in [-0.4, -0.2) is 50.2 Å². The van der Waals surface area contributed by atoms with Crippen LogP contribution in [0.2, 0.25) is 0 Å². The van der Waals surface area contributed by atoms with E-state index >= 15 is 0 Å². The normalized spacial score (nSPS) is 18.4. The first-order valence-electron chi connectivity index (χ1n) is 10.2. The van der Waals surface area contributed by atoms with Crippen molar-refractivity contribution in [3.05, 3.63) is 65.2 Å². The fourth-order valence-electron chi connectivity index (χ4n) is 3.71. The second-order valence-electron chi connectivity index (χ2n) is 7.60. The van der Waals surface area contributed by atoms with Crippen LogP contribution in [0.4, 0.5) is 13.2 Å². The van der Waals surface area contributed by atoms with Crippen LogP contribution < -0.4 is 10.1 Å². The zero-order valence-electron chi connectivity index (χ0n) is 17.6. The molecular weight excluding hydrogens is 409 g/mol. The average Bonchev–Trinajstić information content (AvgIpc) is 2.78. The lowest BCUT2D eigenvalue weighted by Crippen LogP contribution is -2.44. The molecule has 1 fully saturated rings. The van der Waals surface area contributed by atoms with E-state index in [1.807, 2.05) is 24.3 Å². The van der Waals surface area contributed by atoms with E-state index in [2.05, 4.69) is 17.1 Å². The summed E-state index contributed by atoms with van der Waals surface area (Å²) >= 11 is 0. The Kier molecular flexibility index (Phi) is 7.56. The molecule has 2 atom stereocenters. The van der Waals surface area contributed by atoms with E-state index in [1.54, 1.807) is 13.1 Å². The number of ether oxygens (including phenoxy) is 2. The zero-order valence-corrected chi connectivity index (χ0v) is 17.6. The van der Waals surface area contributed by atoms with Gasteiger partial charge in [0.1, 0.15) is 5.75 Å². The summed E-state index contributed by atoms with van der Waals surface area (Å²) in [4.78, 5) is 13.4. The number of nitrogens with zero attached hydrogens (tertiary/aromatic N) is 1. The maximum atomic E-state index is 13.4. The van der Waals surface area contributed by atoms with Crippen molar-refractivity contribution in [2.75, 3.05) is 33.4 Å². The first-order valence-corrected chi connectivity index (χ1v) is 10.2. The highest BCUT2D eigenvalue weighted by molar-refractivity contribution is 5.77. The van der Waals surface area contributed by atoms with Gasteiger partial charge in [-0.2, -0.15) is 13.2 Å². The topological polar surface area (TPSA) is 50.8 Å². The zero-order chi connectivity index (χ0) is 22.4. The molecule has 8 heteroatoms. The monoisotopic (exact) mass is 436 g/mol. The van der Waals surface area contributed by atoms with E-state index in [0.29, 0.717) is 25.4 Å². The Hall–Kier alpha value is -2.58. The van der Waals surface area contributed by atoms with Gasteiger partial charge in [0.15, 0.2) is 6.61 Å². The van der Waals surface area contributed by atoms with Crippen molar-refractivity contribution in [2.24, 2.45) is 0 Å². The average molecular weight is 436 g/mol. The lowest BCUT2D eigenvalue weighted by Gasteiger charge is -2.37. The fraction of sp³-hybridized carbons (Fsp3) is 0.435. The third kappa shape index (κ3) is 6.21. The molecule has 2 aromatic carbocycles. The molecular formula is C23H27F3N2O3. The van der Waals surface area contributed by atoms with Gasteiger partial charge in [0, 0.05) is 26.2 Å². The highest BCUT2D eigenvalue weighted by atomic mass is 19.4. The van der Waals surface area contributed by atoms with Crippen molar-refractivity contribution >= 4 is 5.91 Å². The molecule has 1 aliphatic rings. The van der Waals surface area contributed by atoms with Gasteiger partial charge in [0.25, 0.3) is 5.91 Å². The van der Waals surface area contributed by atoms with Crippen LogP contribution in [0.15, 0.2) is 48.5 Å². The predicted octanol–water partition coefficient (Wildman–Crippen LogP) is 3.83. The van der Waals surface area contributed by atoms with Crippen molar-refractivity contribution in [3.63, 3.8) is 0 Å². The number of halogens is 3. The number of carbonyl (C=O) groups is 1. The quantitative estimate of drug-likeness (QED) is 0.717. The van der Waals surface area contributed by atoms with E-state index in [9.17, 15) is 18.0 Å². The number of alkyl halides is 3. The van der Waals surface area contributed by atoms with Crippen LogP contribution in [-0.2, 0) is 22.1 Å². The van der Waals surface area contributed by atoms with Gasteiger partial charge in [-0.3, -0.25) is 9.69 Å². The van der Waals surface area contributed by atoms with Crippen molar-refractivity contribution < 1.29 is 27.4 Å². The lowest BCUT2D eigenvalue weighted by atomic mass is 9.99. The SMILES string of the molecule is CNC(=O)COc1ccc(CC(C)N2CCOC(c3ccccc3C(F)(F)F)C2)cc1. The summed E-state index contributed by atoms with van der Waals surface area (Å²) in [7, 11) is 1.55. The Labute approximate surface area is 180 Å². The maximum absolute atomic E-state index is 13.4. The number of hydrogen-bond acceptors (Lipinski definition) is 4. The molecule has 0 aromatic heterocycles. The molecule has 2 aromatic rings. The Morgan fingerprint density at radius 3 is 2.61 bits per heavy atom. The molecule has 168 valence electrons. The minimum absolute atomic E-state index is 0.0409. The number of morpholine rings is 1. The van der Waals surface area contributed by atoms with Crippen LogP contribution >= 0.6 is 0 Å². The third-order valence-corrected chi connectivity index (χ3v) is 5.44. The molecule has 31 heavy (non-hydrogen) atoms. The van der Waals surface area contributed by atoms with Gasteiger partial charge in [-0.05, 0) is 42.7 Å². The first-order chi connectivity index (χ1) is 14.8. The number of carbonyl (C=O) groups excluding carboxylic acids is 1. The highest BCUT2D eigenvalue weighted by Gasteiger charge is 2.36. The summed E-state index contributed by atoms with van der Waals surface area (Å²) in [6.45, 7) is 3.48. The van der Waals surface area contributed by atoms with Gasteiger partial charge >= 0.3 is 6.18 Å². The smallest absolute Gasteiger partial charge is 0.416 e. The summed E-state index contributed by atoms with van der Waals surface area (Å²) in [5.41, 5.74) is 0.630. The Balaban J connectivity index is 1.62. The highest BCUT2D eigenvalue weighted by Crippen LogP contribution is 2.36. The van der Waals surface area contributed by atoms with Gasteiger partial charge in [0.2, 0.25) is 0 Å². The summed E-state index contributed by atoms with van der Waals surface area (Å²) in [6, 6.07) is 13.2. The van der Waals surface area contributed by atoms with Crippen LogP contribution in [0.5, 0.6) is 5.75 Å². The standard InChI is InChI=1S/C23H27F3N2O3/c1-16(13-17-7-9-18(10-8-17)31-15-22(29)27-2)28-11-12-30-21(14-28)19-5-3-4-6-20(19)23(24,25)26/h3-10,16,21H,11-15H2,1-2H3,(H,27,29). The molecule has 2 unspecified atom stereocenters. The molecule has 1 saturated heterocycles. The minimum atomic E-state index is -4.41. The van der Waals surface area contributed by atoms with Gasteiger partial charge in [-0.25, -0.2) is 0 Å². The van der Waals surface area contributed by atoms with E-state index in [1.165, 1.54) is 12.1 Å². The van der Waals surface area contributed by atoms with Gasteiger partial charge < -0.3 is 14.8 Å². The molecule has 0 aliphatic carbocycles. The third-order valence-electron chi connectivity index (χ3n) is 5.44. The minimum Gasteiger partial charge on any atom is -0.484 e. The van der Waals surface area contributed by atoms with Crippen LogP contribution in [0.25, 0.3) is 0 Å². The van der Waals surface area contributed by atoms with E-state index in [4.69, 9.17) is 9.47 Å². The molecule has 5 nitrogen and oxygen atoms in total. The molecule has 3 rings (SSSR count). The number of amides is 1. The number of benzene rings is 2. The van der Waals surface area contributed by atoms with Crippen molar-refractivity contribution in [1.29, 1.82) is 0 Å². The molecule has 0 saturated carbocycles. The Morgan fingerprint density at radius 2 is 1.94 bits per heavy atom. The molecule has 1 heterocycles. The second-order valence-corrected chi connectivity index (χ2v) is 7.60. The van der Waals surface area contributed by atoms with Crippen LogP contribution in [0, 0.1) is 0 Å². The Morgan fingerprint density at radius 1 is 1.23 bits per heavy atom. The van der Waals surface area contributed by atoms with Crippen molar-refractivity contribution in [2.45, 2.75) is 31.7 Å². The van der Waals surface area contributed by atoms with Crippen LogP contribution in [0.1, 0.15) is 29.7 Å². The number of nitrogens with one attached hydrogen (secondary N) is 1. The number of likely N-dealkylation sites (N-methyl/N-ethyl adjacent to an activating group) is 1. The number of rotatable bonds is 7. The molecule has 1 aliphatic heterocycles. The van der Waals surface area contributed by atoms with E-state index < -0.39 is 17.8 Å². The predicted molar refractivity (Wildman–Crippen MR) is 111 cm³/mol. The summed E-state index contributed by atoms with van der Waals surface area (Å²) in [5, 5.41) is 2.49. The van der Waals surface area contributed by atoms with E-state index in [0.717, 1.165) is 18.1 Å². The first kappa shape index (κ1) is 23.1. The largest absolute Gasteiger partial charge is 0.484 e. The second kappa shape index (κ2) is 10.2. The Bertz CT molecular complexity index is 871. The lowest BCUT2D eigenvalue weighted by molar-refractivity contribution is -0.140. The molecule has 0 bridgehead atoms. The fourth-order valence-corrected chi connectivity index (χ4v) is 3.71. The van der Waals surface area contributed by atoms with Crippen molar-refractivity contribution in [3.8, 4) is 5.75 Å². The molecule has 1 amide bonds. The van der Waals surface area contributed by atoms with Gasteiger partial charge in [0.05, 0.1) is 18.3 Å². The summed E-state index contributed by atoms with van der Waals surface area (Å²) < 4.78 is 51.3. The number of hydrogen-bond donors (Lipinski definition) is 1. The van der Waals surface area contributed by atoms with Gasteiger partial charge in [-0.1, -0.05) is 30.3 Å². The molecule has 0 spiro atoms.